The second kappa shape index (κ2) is 8.61. The Bertz CT molecular complexity index is 1020. The van der Waals surface area contributed by atoms with E-state index >= 15 is 0 Å². The average Bonchev–Trinajstić information content (AvgIpc) is 2.98. The molecule has 2 aromatic rings. The Balaban J connectivity index is 2.07. The molecule has 1 aliphatic rings. The van der Waals surface area contributed by atoms with E-state index in [1.165, 1.54) is 0 Å². The minimum absolute atomic E-state index is 0.259. The number of ether oxygens (including phenoxy) is 1. The van der Waals surface area contributed by atoms with Gasteiger partial charge in [-0.15, -0.1) is 0 Å². The van der Waals surface area contributed by atoms with Crippen LogP contribution in [0, 0.1) is 11.7 Å². The number of carbonyl (C=O) groups is 1. The fourth-order valence-corrected chi connectivity index (χ4v) is 3.79. The summed E-state index contributed by atoms with van der Waals surface area (Å²) in [5.41, 5.74) is -0.860. The fourth-order valence-electron chi connectivity index (χ4n) is 3.79. The van der Waals surface area contributed by atoms with Crippen LogP contribution in [-0.4, -0.2) is 28.5 Å². The maximum Gasteiger partial charge on any atom is 0.416 e. The zero-order chi connectivity index (χ0) is 23.0. The van der Waals surface area contributed by atoms with Gasteiger partial charge >= 0.3 is 6.18 Å². The highest BCUT2D eigenvalue weighted by Crippen LogP contribution is 2.30. The Morgan fingerprint density at radius 1 is 1.16 bits per heavy atom. The summed E-state index contributed by atoms with van der Waals surface area (Å²) in [4.78, 5) is 16.8. The van der Waals surface area contributed by atoms with Gasteiger partial charge in [-0.25, -0.2) is 4.39 Å². The van der Waals surface area contributed by atoms with Gasteiger partial charge in [0.25, 0.3) is 5.91 Å². The first-order valence-corrected chi connectivity index (χ1v) is 10.2. The first kappa shape index (κ1) is 23.2. The smallest absolute Gasteiger partial charge is 0.381 e. The third-order valence-electron chi connectivity index (χ3n) is 5.52. The number of hydrogen-bond donors (Lipinski definition) is 0. The van der Waals surface area contributed by atoms with Crippen molar-refractivity contribution in [3.05, 3.63) is 52.4 Å². The molecule has 3 rings (SSSR count). The molecular weight excluding hydrogens is 414 g/mol. The molecule has 170 valence electrons. The lowest BCUT2D eigenvalue weighted by Crippen LogP contribution is -2.30. The molecule has 1 aliphatic heterocycles. The third kappa shape index (κ3) is 5.26. The van der Waals surface area contributed by atoms with E-state index in [1.54, 1.807) is 6.07 Å². The molecule has 1 fully saturated rings. The zero-order valence-corrected chi connectivity index (χ0v) is 18.1. The van der Waals surface area contributed by atoms with Crippen molar-refractivity contribution < 1.29 is 27.1 Å². The Kier molecular flexibility index (Phi) is 6.45. The Hall–Kier alpha value is -2.42. The normalized spacial score (nSPS) is 16.7. The summed E-state index contributed by atoms with van der Waals surface area (Å²) >= 11 is 0. The number of amides is 1. The van der Waals surface area contributed by atoms with E-state index in [-0.39, 0.29) is 5.41 Å². The molecule has 0 aliphatic carbocycles. The highest BCUT2D eigenvalue weighted by molar-refractivity contribution is 5.95. The van der Waals surface area contributed by atoms with Crippen molar-refractivity contribution in [2.24, 2.45) is 18.0 Å². The zero-order valence-electron chi connectivity index (χ0n) is 18.1. The lowest BCUT2D eigenvalue weighted by Gasteiger charge is -2.25. The van der Waals surface area contributed by atoms with E-state index in [0.29, 0.717) is 49.4 Å². The van der Waals surface area contributed by atoms with E-state index in [2.05, 4.69) is 4.99 Å². The summed E-state index contributed by atoms with van der Waals surface area (Å²) in [5.74, 6) is -1.77. The van der Waals surface area contributed by atoms with Crippen LogP contribution in [0.2, 0.25) is 0 Å². The van der Waals surface area contributed by atoms with Crippen LogP contribution in [0.5, 0.6) is 0 Å². The molecule has 9 heteroatoms. The molecule has 0 unspecified atom stereocenters. The van der Waals surface area contributed by atoms with E-state index < -0.39 is 29.0 Å². The Morgan fingerprint density at radius 3 is 2.39 bits per heavy atom. The second-order valence-corrected chi connectivity index (χ2v) is 8.91. The molecule has 0 N–H and O–H groups in total. The average molecular weight is 441 g/mol. The van der Waals surface area contributed by atoms with E-state index in [1.807, 2.05) is 37.2 Å². The summed E-state index contributed by atoms with van der Waals surface area (Å²) in [6.07, 6.45) is -2.96. The van der Waals surface area contributed by atoms with Crippen LogP contribution in [0.25, 0.3) is 0 Å². The summed E-state index contributed by atoms with van der Waals surface area (Å²) in [5, 5.41) is 0. The van der Waals surface area contributed by atoms with Gasteiger partial charge in [0.15, 0.2) is 5.49 Å². The first-order chi connectivity index (χ1) is 14.4. The van der Waals surface area contributed by atoms with Crippen molar-refractivity contribution in [2.75, 3.05) is 13.2 Å². The van der Waals surface area contributed by atoms with Crippen molar-refractivity contribution in [1.82, 2.24) is 9.36 Å². The van der Waals surface area contributed by atoms with Crippen LogP contribution < -0.4 is 5.49 Å². The van der Waals surface area contributed by atoms with Gasteiger partial charge in [-0.1, -0.05) is 20.8 Å². The van der Waals surface area contributed by atoms with Crippen molar-refractivity contribution in [3.8, 4) is 0 Å². The maximum atomic E-state index is 14.2. The van der Waals surface area contributed by atoms with E-state index in [4.69, 9.17) is 4.74 Å². The summed E-state index contributed by atoms with van der Waals surface area (Å²) in [6.45, 7) is 7.93. The van der Waals surface area contributed by atoms with Gasteiger partial charge in [0.1, 0.15) is 5.82 Å². The summed E-state index contributed by atoms with van der Waals surface area (Å²) in [6, 6.07) is 3.51. The fraction of sp³-hybridized carbons (Fsp3) is 0.545. The highest BCUT2D eigenvalue weighted by atomic mass is 19.4. The number of alkyl halides is 3. The minimum atomic E-state index is -4.68. The lowest BCUT2D eigenvalue weighted by atomic mass is 9.92. The van der Waals surface area contributed by atoms with Gasteiger partial charge in [-0.3, -0.25) is 14.2 Å². The summed E-state index contributed by atoms with van der Waals surface area (Å²) in [7, 11) is 1.86. The monoisotopic (exact) mass is 441 g/mol. The standard InChI is InChI=1S/C22H27F4N3O2/c1-21(2,3)18-12-19(29(28(18)4)13-14-7-9-31-10-8-14)27-20(30)16-11-15(22(24,25)26)5-6-17(16)23/h5-6,11-12,14H,7-10,13H2,1-4H3/b27-19+. The van der Waals surface area contributed by atoms with Crippen molar-refractivity contribution >= 4 is 5.91 Å². The molecular formula is C22H27F4N3O2. The number of benzene rings is 1. The molecule has 0 saturated carbocycles. The lowest BCUT2D eigenvalue weighted by molar-refractivity contribution is -0.137. The Morgan fingerprint density at radius 2 is 1.81 bits per heavy atom. The topological polar surface area (TPSA) is 48.5 Å². The molecule has 0 atom stereocenters. The summed E-state index contributed by atoms with van der Waals surface area (Å²) < 4.78 is 62.4. The quantitative estimate of drug-likeness (QED) is 0.661. The molecule has 0 radical (unpaired) electrons. The predicted molar refractivity (Wildman–Crippen MR) is 107 cm³/mol. The number of halogens is 4. The molecule has 1 amide bonds. The molecule has 1 saturated heterocycles. The van der Waals surface area contributed by atoms with Crippen molar-refractivity contribution in [3.63, 3.8) is 0 Å². The van der Waals surface area contributed by atoms with Crippen LogP contribution in [0.4, 0.5) is 17.6 Å². The largest absolute Gasteiger partial charge is 0.416 e. The maximum absolute atomic E-state index is 14.2. The Labute approximate surface area is 178 Å². The van der Waals surface area contributed by atoms with E-state index in [9.17, 15) is 22.4 Å². The van der Waals surface area contributed by atoms with Crippen molar-refractivity contribution in [2.45, 2.75) is 51.7 Å². The van der Waals surface area contributed by atoms with Gasteiger partial charge in [0.05, 0.1) is 11.1 Å². The van der Waals surface area contributed by atoms with E-state index in [0.717, 1.165) is 18.5 Å². The number of hydrogen-bond acceptors (Lipinski definition) is 2. The molecule has 5 nitrogen and oxygen atoms in total. The van der Waals surface area contributed by atoms with Crippen LogP contribution in [0.15, 0.2) is 29.3 Å². The molecule has 1 aromatic heterocycles. The van der Waals surface area contributed by atoms with Gasteiger partial charge in [0, 0.05) is 44.0 Å². The highest BCUT2D eigenvalue weighted by Gasteiger charge is 2.32. The first-order valence-electron chi connectivity index (χ1n) is 10.2. The second-order valence-electron chi connectivity index (χ2n) is 8.91. The molecule has 0 spiro atoms. The minimum Gasteiger partial charge on any atom is -0.381 e. The number of carbonyl (C=O) groups excluding carboxylic acids is 1. The van der Waals surface area contributed by atoms with Crippen molar-refractivity contribution in [1.29, 1.82) is 0 Å². The van der Waals surface area contributed by atoms with Crippen LogP contribution in [-0.2, 0) is 29.9 Å². The molecule has 2 heterocycles. The molecule has 31 heavy (non-hydrogen) atoms. The SMILES string of the molecule is Cn1c(C(C)(C)C)c/c(=N\C(=O)c2cc(C(F)(F)F)ccc2F)n1CC1CCOCC1. The van der Waals surface area contributed by atoms with Gasteiger partial charge < -0.3 is 4.74 Å². The number of rotatable bonds is 3. The van der Waals surface area contributed by atoms with Gasteiger partial charge in [0.2, 0.25) is 0 Å². The number of aromatic nitrogens is 2. The van der Waals surface area contributed by atoms with Gasteiger partial charge in [-0.05, 0) is 37.0 Å². The van der Waals surface area contributed by atoms with Crippen LogP contribution >= 0.6 is 0 Å². The molecule has 0 bridgehead atoms. The number of nitrogens with zero attached hydrogens (tertiary/aromatic N) is 3. The van der Waals surface area contributed by atoms with Gasteiger partial charge in [-0.2, -0.15) is 18.2 Å². The third-order valence-corrected chi connectivity index (χ3v) is 5.52. The van der Waals surface area contributed by atoms with Crippen LogP contribution in [0.1, 0.15) is 55.2 Å². The molecule has 1 aromatic carbocycles. The van der Waals surface area contributed by atoms with Crippen LogP contribution in [0.3, 0.4) is 0 Å². The predicted octanol–water partition coefficient (Wildman–Crippen LogP) is 4.45.